The summed E-state index contributed by atoms with van der Waals surface area (Å²) < 4.78 is 43.0. The molecular formula is C6H9F3O3. The van der Waals surface area contributed by atoms with Gasteiger partial charge in [0.1, 0.15) is 6.61 Å². The molecule has 0 aliphatic rings. The Morgan fingerprint density at radius 1 is 1.08 bits per heavy atom. The highest BCUT2D eigenvalue weighted by atomic mass is 19.3. The zero-order valence-electron chi connectivity index (χ0n) is 6.23. The van der Waals surface area contributed by atoms with Crippen molar-refractivity contribution in [3.8, 4) is 0 Å². The van der Waals surface area contributed by atoms with Gasteiger partial charge in [-0.2, -0.15) is 13.2 Å². The molecule has 0 saturated heterocycles. The van der Waals surface area contributed by atoms with Gasteiger partial charge in [0, 0.05) is 0 Å². The molecule has 0 heterocycles. The molecule has 6 heteroatoms. The molecule has 72 valence electrons. The van der Waals surface area contributed by atoms with Crippen molar-refractivity contribution in [2.75, 3.05) is 26.4 Å². The molecule has 1 N–H and O–H groups in total. The van der Waals surface area contributed by atoms with Crippen LogP contribution in [0.1, 0.15) is 0 Å². The Hall–Kier alpha value is -0.750. The topological polar surface area (TPSA) is 38.7 Å². The molecule has 3 nitrogen and oxygen atoms in total. The molecule has 0 atom stereocenters. The van der Waals surface area contributed by atoms with Crippen LogP contribution in [0.15, 0.2) is 12.1 Å². The highest BCUT2D eigenvalue weighted by molar-refractivity contribution is 4.80. The molecule has 0 radical (unpaired) electrons. The van der Waals surface area contributed by atoms with Crippen molar-refractivity contribution < 1.29 is 27.8 Å². The van der Waals surface area contributed by atoms with Crippen molar-refractivity contribution in [3.63, 3.8) is 0 Å². The second-order valence-electron chi connectivity index (χ2n) is 1.72. The molecule has 0 fully saturated rings. The summed E-state index contributed by atoms with van der Waals surface area (Å²) in [5.74, 6) is 0. The Balaban J connectivity index is 3.26. The van der Waals surface area contributed by atoms with Gasteiger partial charge in [-0.25, -0.2) is 0 Å². The number of hydrogen-bond donors (Lipinski definition) is 1. The van der Waals surface area contributed by atoms with Crippen molar-refractivity contribution in [1.29, 1.82) is 0 Å². The van der Waals surface area contributed by atoms with E-state index in [9.17, 15) is 13.2 Å². The first-order valence-corrected chi connectivity index (χ1v) is 3.20. The molecular weight excluding hydrogens is 177 g/mol. The van der Waals surface area contributed by atoms with E-state index in [2.05, 4.69) is 9.47 Å². The summed E-state index contributed by atoms with van der Waals surface area (Å²) in [7, 11) is 0. The number of aliphatic hydroxyl groups is 1. The summed E-state index contributed by atoms with van der Waals surface area (Å²) in [5.41, 5.74) is 0. The fourth-order valence-corrected chi connectivity index (χ4v) is 0.411. The van der Waals surface area contributed by atoms with Gasteiger partial charge in [-0.3, -0.25) is 0 Å². The van der Waals surface area contributed by atoms with Crippen LogP contribution in [0.2, 0.25) is 0 Å². The van der Waals surface area contributed by atoms with Gasteiger partial charge in [0.15, 0.2) is 0 Å². The Morgan fingerprint density at radius 3 is 2.25 bits per heavy atom. The third-order valence-corrected chi connectivity index (χ3v) is 0.841. The second kappa shape index (κ2) is 6.93. The van der Waals surface area contributed by atoms with Crippen molar-refractivity contribution >= 4 is 0 Å². The monoisotopic (exact) mass is 186 g/mol. The van der Waals surface area contributed by atoms with Gasteiger partial charge in [0.25, 0.3) is 0 Å². The number of hydrogen-bond acceptors (Lipinski definition) is 3. The fraction of sp³-hybridized carbons (Fsp3) is 0.667. The number of ether oxygens (including phenoxy) is 2. The Labute approximate surface area is 67.4 Å². The molecule has 0 aromatic carbocycles. The third kappa shape index (κ3) is 5.99. The maximum atomic E-state index is 11.8. The van der Waals surface area contributed by atoms with E-state index in [1.165, 1.54) is 0 Å². The van der Waals surface area contributed by atoms with E-state index < -0.39 is 12.1 Å². The van der Waals surface area contributed by atoms with Gasteiger partial charge in [-0.1, -0.05) is 0 Å². The predicted octanol–water partition coefficient (Wildman–Crippen LogP) is 1.05. The lowest BCUT2D eigenvalue weighted by molar-refractivity contribution is 0.0336. The maximum Gasteiger partial charge on any atom is 0.342 e. The molecule has 0 amide bonds. The van der Waals surface area contributed by atoms with Crippen molar-refractivity contribution in [1.82, 2.24) is 0 Å². The van der Waals surface area contributed by atoms with Crippen LogP contribution >= 0.6 is 0 Å². The summed E-state index contributed by atoms with van der Waals surface area (Å²) in [5, 5.41) is 8.19. The Kier molecular flexibility index (Phi) is 6.50. The molecule has 0 spiro atoms. The zero-order valence-corrected chi connectivity index (χ0v) is 6.23. The average Bonchev–Trinajstić information content (AvgIpc) is 2.03. The first-order valence-electron chi connectivity index (χ1n) is 3.20. The Morgan fingerprint density at radius 2 is 1.75 bits per heavy atom. The standard InChI is InChI=1S/C6H9F3O3/c7-5(8)6(9)12-4-3-11-2-1-10/h10H,1-4H2. The van der Waals surface area contributed by atoms with E-state index in [0.717, 1.165) is 0 Å². The lowest BCUT2D eigenvalue weighted by atomic mass is 10.7. The van der Waals surface area contributed by atoms with Gasteiger partial charge in [0.05, 0.1) is 19.8 Å². The SMILES string of the molecule is OCCOCCOC(F)=C(F)F. The van der Waals surface area contributed by atoms with E-state index in [1.807, 2.05) is 0 Å². The molecule has 0 aromatic heterocycles. The van der Waals surface area contributed by atoms with Crippen molar-refractivity contribution in [2.45, 2.75) is 0 Å². The Bertz CT molecular complexity index is 145. The normalized spacial score (nSPS) is 9.67. The highest BCUT2D eigenvalue weighted by Crippen LogP contribution is 2.09. The first-order chi connectivity index (χ1) is 5.68. The van der Waals surface area contributed by atoms with Crippen LogP contribution in [0.3, 0.4) is 0 Å². The van der Waals surface area contributed by atoms with Crippen LogP contribution in [-0.2, 0) is 9.47 Å². The minimum atomic E-state index is -2.49. The predicted molar refractivity (Wildman–Crippen MR) is 34.2 cm³/mol. The molecule has 0 aliphatic heterocycles. The van der Waals surface area contributed by atoms with Gasteiger partial charge in [-0.05, 0) is 0 Å². The van der Waals surface area contributed by atoms with Crippen LogP contribution in [0.5, 0.6) is 0 Å². The highest BCUT2D eigenvalue weighted by Gasteiger charge is 2.04. The number of halogens is 3. The molecule has 0 bridgehead atoms. The largest absolute Gasteiger partial charge is 0.465 e. The van der Waals surface area contributed by atoms with Crippen molar-refractivity contribution in [3.05, 3.63) is 12.1 Å². The summed E-state index contributed by atoms with van der Waals surface area (Å²) in [6, 6.07) is -1.89. The maximum absolute atomic E-state index is 11.8. The summed E-state index contributed by atoms with van der Waals surface area (Å²) in [6.45, 7) is -0.437. The first kappa shape index (κ1) is 11.2. The smallest absolute Gasteiger partial charge is 0.342 e. The lowest BCUT2D eigenvalue weighted by Gasteiger charge is -2.02. The fourth-order valence-electron chi connectivity index (χ4n) is 0.411. The average molecular weight is 186 g/mol. The number of rotatable bonds is 6. The molecule has 0 rings (SSSR count). The van der Waals surface area contributed by atoms with Crippen LogP contribution in [-0.4, -0.2) is 31.5 Å². The minimum Gasteiger partial charge on any atom is -0.465 e. The van der Waals surface area contributed by atoms with E-state index in [-0.39, 0.29) is 26.4 Å². The van der Waals surface area contributed by atoms with E-state index in [0.29, 0.717) is 0 Å². The van der Waals surface area contributed by atoms with Crippen LogP contribution in [0.4, 0.5) is 13.2 Å². The van der Waals surface area contributed by atoms with E-state index >= 15 is 0 Å². The summed E-state index contributed by atoms with van der Waals surface area (Å²) in [4.78, 5) is 0. The van der Waals surface area contributed by atoms with E-state index in [1.54, 1.807) is 0 Å². The minimum absolute atomic E-state index is 0.0404. The van der Waals surface area contributed by atoms with Gasteiger partial charge < -0.3 is 14.6 Å². The van der Waals surface area contributed by atoms with Crippen molar-refractivity contribution in [2.24, 2.45) is 0 Å². The van der Waals surface area contributed by atoms with Crippen LogP contribution in [0.25, 0.3) is 0 Å². The molecule has 0 aliphatic carbocycles. The molecule has 0 saturated carbocycles. The van der Waals surface area contributed by atoms with Crippen LogP contribution < -0.4 is 0 Å². The molecule has 12 heavy (non-hydrogen) atoms. The van der Waals surface area contributed by atoms with Gasteiger partial charge >= 0.3 is 12.1 Å². The number of aliphatic hydroxyl groups excluding tert-OH is 1. The van der Waals surface area contributed by atoms with Gasteiger partial charge in [0.2, 0.25) is 0 Å². The molecule has 0 unspecified atom stereocenters. The van der Waals surface area contributed by atoms with Gasteiger partial charge in [-0.15, -0.1) is 0 Å². The quantitative estimate of drug-likeness (QED) is 0.497. The van der Waals surface area contributed by atoms with E-state index in [4.69, 9.17) is 5.11 Å². The zero-order chi connectivity index (χ0) is 9.40. The summed E-state index contributed by atoms with van der Waals surface area (Å²) in [6.07, 6.45) is -2.49. The molecule has 0 aromatic rings. The third-order valence-electron chi connectivity index (χ3n) is 0.841. The van der Waals surface area contributed by atoms with Crippen LogP contribution in [0, 0.1) is 0 Å². The lowest BCUT2D eigenvalue weighted by Crippen LogP contribution is -2.06. The summed E-state index contributed by atoms with van der Waals surface area (Å²) >= 11 is 0. The second-order valence-corrected chi connectivity index (χ2v) is 1.72.